The van der Waals surface area contributed by atoms with Gasteiger partial charge in [-0.25, -0.2) is 13.1 Å². The Morgan fingerprint density at radius 2 is 1.69 bits per heavy atom. The summed E-state index contributed by atoms with van der Waals surface area (Å²) in [5.74, 6) is 0.404. The SMILES string of the molecule is COc1ccc([C@@H](CNS(=O)(=O)c2ccc(C(C)=O)cc2)c2c[nH]c3ccccc23)cc1. The molecule has 4 rings (SSSR count). The van der Waals surface area contributed by atoms with Crippen molar-refractivity contribution in [2.24, 2.45) is 0 Å². The van der Waals surface area contributed by atoms with Gasteiger partial charge in [0, 0.05) is 35.1 Å². The maximum atomic E-state index is 13.0. The average Bonchev–Trinajstić information content (AvgIpc) is 3.23. The van der Waals surface area contributed by atoms with Crippen LogP contribution in [0.1, 0.15) is 34.3 Å². The summed E-state index contributed by atoms with van der Waals surface area (Å²) in [6.45, 7) is 1.62. The number of methoxy groups -OCH3 is 1. The molecule has 164 valence electrons. The van der Waals surface area contributed by atoms with Crippen molar-refractivity contribution < 1.29 is 17.9 Å². The van der Waals surface area contributed by atoms with Crippen molar-refractivity contribution in [3.05, 3.63) is 95.7 Å². The molecule has 1 aromatic heterocycles. The molecule has 7 heteroatoms. The van der Waals surface area contributed by atoms with Crippen LogP contribution in [0.4, 0.5) is 0 Å². The second-order valence-corrected chi connectivity index (χ2v) is 9.31. The first-order chi connectivity index (χ1) is 15.4. The fourth-order valence-electron chi connectivity index (χ4n) is 3.77. The highest BCUT2D eigenvalue weighted by Gasteiger charge is 2.22. The van der Waals surface area contributed by atoms with Crippen molar-refractivity contribution in [2.45, 2.75) is 17.7 Å². The molecule has 1 heterocycles. The topological polar surface area (TPSA) is 88.3 Å². The summed E-state index contributed by atoms with van der Waals surface area (Å²) in [7, 11) is -2.15. The maximum absolute atomic E-state index is 13.0. The van der Waals surface area contributed by atoms with Gasteiger partial charge in [-0.3, -0.25) is 4.79 Å². The first-order valence-corrected chi connectivity index (χ1v) is 11.7. The van der Waals surface area contributed by atoms with Crippen LogP contribution in [0.25, 0.3) is 10.9 Å². The molecule has 0 fully saturated rings. The first kappa shape index (κ1) is 21.8. The standard InChI is InChI=1S/C25H24N2O4S/c1-17(28)18-9-13-21(14-10-18)32(29,30)27-16-23(19-7-11-20(31-2)12-8-19)24-15-26-25-6-4-3-5-22(24)25/h3-15,23,26-27H,16H2,1-2H3/t23-/m1/s1. The smallest absolute Gasteiger partial charge is 0.240 e. The molecule has 0 bridgehead atoms. The molecular weight excluding hydrogens is 424 g/mol. The van der Waals surface area contributed by atoms with E-state index in [4.69, 9.17) is 4.74 Å². The predicted molar refractivity (Wildman–Crippen MR) is 125 cm³/mol. The van der Waals surface area contributed by atoms with E-state index in [0.717, 1.165) is 27.8 Å². The minimum atomic E-state index is -3.76. The van der Waals surface area contributed by atoms with E-state index < -0.39 is 10.0 Å². The molecule has 0 radical (unpaired) electrons. The molecule has 1 atom stereocenters. The fraction of sp³-hybridized carbons (Fsp3) is 0.160. The Morgan fingerprint density at radius 1 is 1.00 bits per heavy atom. The van der Waals surface area contributed by atoms with Crippen molar-refractivity contribution in [1.82, 2.24) is 9.71 Å². The lowest BCUT2D eigenvalue weighted by Gasteiger charge is -2.19. The van der Waals surface area contributed by atoms with Crippen molar-refractivity contribution >= 4 is 26.7 Å². The zero-order valence-corrected chi connectivity index (χ0v) is 18.6. The number of benzene rings is 3. The summed E-state index contributed by atoms with van der Waals surface area (Å²) in [5.41, 5.74) is 3.42. The molecule has 6 nitrogen and oxygen atoms in total. The second-order valence-electron chi connectivity index (χ2n) is 7.55. The number of aromatic nitrogens is 1. The average molecular weight is 449 g/mol. The number of fused-ring (bicyclic) bond motifs is 1. The van der Waals surface area contributed by atoms with Crippen LogP contribution in [0.15, 0.2) is 83.9 Å². The number of ketones is 1. The highest BCUT2D eigenvalue weighted by molar-refractivity contribution is 7.89. The van der Waals surface area contributed by atoms with Gasteiger partial charge in [0.05, 0.1) is 12.0 Å². The maximum Gasteiger partial charge on any atom is 0.240 e. The molecule has 0 saturated heterocycles. The minimum absolute atomic E-state index is 0.110. The number of para-hydroxylation sites is 1. The van der Waals surface area contributed by atoms with Crippen LogP contribution >= 0.6 is 0 Å². The number of nitrogens with one attached hydrogen (secondary N) is 2. The van der Waals surface area contributed by atoms with Crippen LogP contribution in [0.2, 0.25) is 0 Å². The van der Waals surface area contributed by atoms with Crippen LogP contribution in [-0.4, -0.2) is 32.8 Å². The number of aromatic amines is 1. The molecule has 0 aliphatic rings. The number of hydrogen-bond acceptors (Lipinski definition) is 4. The Morgan fingerprint density at radius 3 is 2.34 bits per heavy atom. The Hall–Kier alpha value is -3.42. The zero-order valence-electron chi connectivity index (χ0n) is 17.8. The van der Waals surface area contributed by atoms with E-state index in [2.05, 4.69) is 9.71 Å². The second kappa shape index (κ2) is 8.98. The number of Topliss-reactive ketones (excluding diaryl/α,β-unsaturated/α-hetero) is 1. The quantitative estimate of drug-likeness (QED) is 0.389. The monoisotopic (exact) mass is 448 g/mol. The lowest BCUT2D eigenvalue weighted by atomic mass is 9.91. The van der Waals surface area contributed by atoms with Crippen LogP contribution in [0.5, 0.6) is 5.75 Å². The molecular formula is C25H24N2O4S. The molecule has 0 unspecified atom stereocenters. The van der Waals surface area contributed by atoms with Gasteiger partial charge in [-0.05, 0) is 48.4 Å². The van der Waals surface area contributed by atoms with Gasteiger partial charge in [-0.2, -0.15) is 0 Å². The van der Waals surface area contributed by atoms with Crippen molar-refractivity contribution in [3.63, 3.8) is 0 Å². The Balaban J connectivity index is 1.66. The lowest BCUT2D eigenvalue weighted by Crippen LogP contribution is -2.29. The summed E-state index contributed by atoms with van der Waals surface area (Å²) < 4.78 is 33.9. The van der Waals surface area contributed by atoms with Gasteiger partial charge in [0.15, 0.2) is 5.78 Å². The molecule has 0 amide bonds. The summed E-state index contributed by atoms with van der Waals surface area (Å²) in [6, 6.07) is 21.5. The van der Waals surface area contributed by atoms with Gasteiger partial charge in [-0.1, -0.05) is 42.5 Å². The van der Waals surface area contributed by atoms with Crippen molar-refractivity contribution in [1.29, 1.82) is 0 Å². The number of hydrogen-bond donors (Lipinski definition) is 2. The largest absolute Gasteiger partial charge is 0.497 e. The first-order valence-electron chi connectivity index (χ1n) is 10.2. The van der Waals surface area contributed by atoms with Gasteiger partial charge >= 0.3 is 0 Å². The molecule has 3 aromatic carbocycles. The van der Waals surface area contributed by atoms with E-state index in [1.807, 2.05) is 54.7 Å². The minimum Gasteiger partial charge on any atom is -0.497 e. The normalized spacial score (nSPS) is 12.6. The highest BCUT2D eigenvalue weighted by Crippen LogP contribution is 2.31. The number of H-pyrrole nitrogens is 1. The number of carbonyl (C=O) groups excluding carboxylic acids is 1. The molecule has 0 aliphatic carbocycles. The van der Waals surface area contributed by atoms with Crippen LogP contribution in [0, 0.1) is 0 Å². The Labute approximate surface area is 187 Å². The van der Waals surface area contributed by atoms with Gasteiger partial charge in [0.25, 0.3) is 0 Å². The van der Waals surface area contributed by atoms with Crippen molar-refractivity contribution in [2.75, 3.05) is 13.7 Å². The molecule has 2 N–H and O–H groups in total. The predicted octanol–water partition coefficient (Wildman–Crippen LogP) is 4.49. The number of sulfonamides is 1. The van der Waals surface area contributed by atoms with Gasteiger partial charge < -0.3 is 9.72 Å². The highest BCUT2D eigenvalue weighted by atomic mass is 32.2. The third kappa shape index (κ3) is 4.44. The number of rotatable bonds is 8. The molecule has 32 heavy (non-hydrogen) atoms. The van der Waals surface area contributed by atoms with E-state index in [-0.39, 0.29) is 23.1 Å². The van der Waals surface area contributed by atoms with E-state index in [9.17, 15) is 13.2 Å². The molecule has 4 aromatic rings. The van der Waals surface area contributed by atoms with E-state index in [1.54, 1.807) is 7.11 Å². The Kier molecular flexibility index (Phi) is 6.12. The van der Waals surface area contributed by atoms with Gasteiger partial charge in [0.1, 0.15) is 5.75 Å². The van der Waals surface area contributed by atoms with Crippen LogP contribution in [0.3, 0.4) is 0 Å². The number of ether oxygens (including phenoxy) is 1. The summed E-state index contributed by atoms with van der Waals surface area (Å²) in [5, 5.41) is 1.04. The third-order valence-electron chi connectivity index (χ3n) is 5.56. The van der Waals surface area contributed by atoms with Crippen LogP contribution in [-0.2, 0) is 10.0 Å². The summed E-state index contributed by atoms with van der Waals surface area (Å²) in [6.07, 6.45) is 1.93. The zero-order chi connectivity index (χ0) is 22.7. The lowest BCUT2D eigenvalue weighted by molar-refractivity contribution is 0.101. The Bertz CT molecular complexity index is 1340. The molecule has 0 saturated carbocycles. The van der Waals surface area contributed by atoms with E-state index in [0.29, 0.717) is 5.56 Å². The van der Waals surface area contributed by atoms with E-state index in [1.165, 1.54) is 31.2 Å². The fourth-order valence-corrected chi connectivity index (χ4v) is 4.82. The third-order valence-corrected chi connectivity index (χ3v) is 7.00. The van der Waals surface area contributed by atoms with Crippen molar-refractivity contribution in [3.8, 4) is 5.75 Å². The molecule has 0 spiro atoms. The number of carbonyl (C=O) groups is 1. The van der Waals surface area contributed by atoms with Crippen LogP contribution < -0.4 is 9.46 Å². The summed E-state index contributed by atoms with van der Waals surface area (Å²) >= 11 is 0. The summed E-state index contributed by atoms with van der Waals surface area (Å²) in [4.78, 5) is 14.9. The van der Waals surface area contributed by atoms with E-state index >= 15 is 0 Å². The molecule has 0 aliphatic heterocycles. The van der Waals surface area contributed by atoms with Gasteiger partial charge in [0.2, 0.25) is 10.0 Å². The van der Waals surface area contributed by atoms with Gasteiger partial charge in [-0.15, -0.1) is 0 Å².